The van der Waals surface area contributed by atoms with Crippen LogP contribution >= 0.6 is 11.8 Å². The first-order valence-corrected chi connectivity index (χ1v) is 6.16. The van der Waals surface area contributed by atoms with E-state index in [1.54, 1.807) is 11.8 Å². The summed E-state index contributed by atoms with van der Waals surface area (Å²) in [5.74, 6) is 0.946. The van der Waals surface area contributed by atoms with E-state index in [4.69, 9.17) is 6.42 Å². The highest BCUT2D eigenvalue weighted by Crippen LogP contribution is 2.13. The molecule has 0 saturated carbocycles. The van der Waals surface area contributed by atoms with Gasteiger partial charge in [-0.25, -0.2) is 13.2 Å². The Morgan fingerprint density at radius 1 is 1.18 bits per heavy atom. The van der Waals surface area contributed by atoms with E-state index in [1.807, 2.05) is 0 Å². The Hall–Kier alpha value is -1.12. The Labute approximate surface area is 103 Å². The topological polar surface area (TPSA) is 12.0 Å². The molecule has 0 radical (unpaired) electrons. The van der Waals surface area contributed by atoms with Crippen molar-refractivity contribution in [2.75, 3.05) is 18.1 Å². The fourth-order valence-electron chi connectivity index (χ4n) is 1.20. The minimum absolute atomic E-state index is 0.117. The molecule has 5 heteroatoms. The van der Waals surface area contributed by atoms with Crippen LogP contribution in [0.25, 0.3) is 0 Å². The van der Waals surface area contributed by atoms with Gasteiger partial charge in [-0.05, 0) is 6.07 Å². The fraction of sp³-hybridized carbons (Fsp3) is 0.333. The fourth-order valence-corrected chi connectivity index (χ4v) is 1.75. The Morgan fingerprint density at radius 2 is 1.88 bits per heavy atom. The van der Waals surface area contributed by atoms with E-state index in [1.165, 1.54) is 0 Å². The van der Waals surface area contributed by atoms with Crippen LogP contribution in [-0.4, -0.2) is 18.1 Å². The number of hydrogen-bond donors (Lipinski definition) is 1. The molecule has 0 aliphatic rings. The van der Waals surface area contributed by atoms with Crippen LogP contribution in [0.4, 0.5) is 13.2 Å². The van der Waals surface area contributed by atoms with Gasteiger partial charge >= 0.3 is 0 Å². The summed E-state index contributed by atoms with van der Waals surface area (Å²) in [6.45, 7) is 0.796. The Balaban J connectivity index is 2.37. The van der Waals surface area contributed by atoms with Gasteiger partial charge in [0.05, 0.1) is 5.75 Å². The molecular formula is C12H12F3NS. The lowest BCUT2D eigenvalue weighted by Crippen LogP contribution is -2.17. The molecule has 17 heavy (non-hydrogen) atoms. The van der Waals surface area contributed by atoms with Gasteiger partial charge in [0.2, 0.25) is 0 Å². The van der Waals surface area contributed by atoms with E-state index in [0.29, 0.717) is 18.4 Å². The maximum Gasteiger partial charge on any atom is 0.161 e. The van der Waals surface area contributed by atoms with Gasteiger partial charge in [0.25, 0.3) is 0 Å². The van der Waals surface area contributed by atoms with Gasteiger partial charge < -0.3 is 5.32 Å². The maximum absolute atomic E-state index is 13.2. The molecule has 1 aromatic carbocycles. The van der Waals surface area contributed by atoms with E-state index in [9.17, 15) is 13.2 Å². The molecule has 0 atom stereocenters. The van der Waals surface area contributed by atoms with Gasteiger partial charge in [-0.3, -0.25) is 0 Å². The van der Waals surface area contributed by atoms with Crippen LogP contribution in [0, 0.1) is 29.8 Å². The van der Waals surface area contributed by atoms with Crippen molar-refractivity contribution in [3.63, 3.8) is 0 Å². The van der Waals surface area contributed by atoms with Crippen LogP contribution in [0.15, 0.2) is 12.1 Å². The lowest BCUT2D eigenvalue weighted by Gasteiger charge is -2.06. The molecule has 0 unspecified atom stereocenters. The van der Waals surface area contributed by atoms with Crippen LogP contribution in [0.2, 0.25) is 0 Å². The molecule has 0 aromatic heterocycles. The smallest absolute Gasteiger partial charge is 0.161 e. The minimum atomic E-state index is -1.17. The average Bonchev–Trinajstić information content (AvgIpc) is 2.30. The van der Waals surface area contributed by atoms with Crippen molar-refractivity contribution in [2.45, 2.75) is 6.54 Å². The molecule has 0 heterocycles. The van der Waals surface area contributed by atoms with Gasteiger partial charge in [-0.1, -0.05) is 5.92 Å². The molecule has 1 N–H and O–H groups in total. The molecule has 0 bridgehead atoms. The summed E-state index contributed by atoms with van der Waals surface area (Å²) < 4.78 is 38.7. The second-order valence-corrected chi connectivity index (χ2v) is 4.40. The SMILES string of the molecule is C#CCSCCNCc1cc(F)c(F)cc1F. The van der Waals surface area contributed by atoms with Crippen LogP contribution in [0.3, 0.4) is 0 Å². The molecule has 1 rings (SSSR count). The summed E-state index contributed by atoms with van der Waals surface area (Å²) in [7, 11) is 0. The Bertz CT molecular complexity index is 415. The van der Waals surface area contributed by atoms with Crippen molar-refractivity contribution in [1.29, 1.82) is 0 Å². The highest BCUT2D eigenvalue weighted by molar-refractivity contribution is 7.99. The summed E-state index contributed by atoms with van der Waals surface area (Å²) in [5.41, 5.74) is 0.117. The molecule has 92 valence electrons. The van der Waals surface area contributed by atoms with E-state index in [-0.39, 0.29) is 12.1 Å². The van der Waals surface area contributed by atoms with Gasteiger partial charge in [0, 0.05) is 30.5 Å². The van der Waals surface area contributed by atoms with Crippen molar-refractivity contribution in [1.82, 2.24) is 5.32 Å². The first-order valence-electron chi connectivity index (χ1n) is 5.00. The molecular weight excluding hydrogens is 247 g/mol. The normalized spacial score (nSPS) is 10.2. The lowest BCUT2D eigenvalue weighted by atomic mass is 10.2. The largest absolute Gasteiger partial charge is 0.312 e. The number of benzene rings is 1. The maximum atomic E-state index is 13.2. The highest BCUT2D eigenvalue weighted by atomic mass is 32.2. The number of thioether (sulfide) groups is 1. The molecule has 0 spiro atoms. The van der Waals surface area contributed by atoms with E-state index < -0.39 is 17.5 Å². The van der Waals surface area contributed by atoms with Crippen molar-refractivity contribution in [2.24, 2.45) is 0 Å². The number of nitrogens with one attached hydrogen (secondary N) is 1. The predicted molar refractivity (Wildman–Crippen MR) is 64.2 cm³/mol. The molecule has 0 saturated heterocycles. The molecule has 0 amide bonds. The van der Waals surface area contributed by atoms with Crippen LogP contribution in [0.5, 0.6) is 0 Å². The van der Waals surface area contributed by atoms with E-state index >= 15 is 0 Å². The monoisotopic (exact) mass is 259 g/mol. The first kappa shape index (κ1) is 13.9. The van der Waals surface area contributed by atoms with Gasteiger partial charge in [0.1, 0.15) is 5.82 Å². The number of rotatable bonds is 6. The van der Waals surface area contributed by atoms with Crippen molar-refractivity contribution in [3.8, 4) is 12.3 Å². The van der Waals surface area contributed by atoms with Gasteiger partial charge in [-0.2, -0.15) is 0 Å². The van der Waals surface area contributed by atoms with Crippen LogP contribution in [0.1, 0.15) is 5.56 Å². The zero-order valence-electron chi connectivity index (χ0n) is 9.10. The van der Waals surface area contributed by atoms with E-state index in [2.05, 4.69) is 11.2 Å². The standard InChI is InChI=1S/C12H12F3NS/c1-2-4-17-5-3-16-8-9-6-11(14)12(15)7-10(9)13/h1,6-7,16H,3-5,8H2. The van der Waals surface area contributed by atoms with Crippen molar-refractivity contribution < 1.29 is 13.2 Å². The quantitative estimate of drug-likeness (QED) is 0.479. The third-order valence-electron chi connectivity index (χ3n) is 2.01. The van der Waals surface area contributed by atoms with Crippen LogP contribution < -0.4 is 5.32 Å². The first-order chi connectivity index (χ1) is 8.15. The minimum Gasteiger partial charge on any atom is -0.312 e. The number of hydrogen-bond acceptors (Lipinski definition) is 2. The predicted octanol–water partition coefficient (Wildman–Crippen LogP) is 2.56. The summed E-state index contributed by atoms with van der Waals surface area (Å²) in [5, 5.41) is 2.93. The average molecular weight is 259 g/mol. The second-order valence-electron chi connectivity index (χ2n) is 3.29. The van der Waals surface area contributed by atoms with Gasteiger partial charge in [-0.15, -0.1) is 18.2 Å². The third-order valence-corrected chi connectivity index (χ3v) is 2.88. The molecule has 1 nitrogen and oxygen atoms in total. The molecule has 0 aliphatic heterocycles. The molecule has 0 aliphatic carbocycles. The Morgan fingerprint density at radius 3 is 2.59 bits per heavy atom. The van der Waals surface area contributed by atoms with Crippen molar-refractivity contribution >= 4 is 11.8 Å². The second kappa shape index (κ2) is 7.25. The van der Waals surface area contributed by atoms with Gasteiger partial charge in [0.15, 0.2) is 11.6 Å². The zero-order chi connectivity index (χ0) is 12.7. The lowest BCUT2D eigenvalue weighted by molar-refractivity contribution is 0.487. The number of halogens is 3. The zero-order valence-corrected chi connectivity index (χ0v) is 9.92. The third kappa shape index (κ3) is 4.72. The summed E-state index contributed by atoms with van der Waals surface area (Å²) in [6, 6.07) is 1.42. The molecule has 0 fully saturated rings. The summed E-state index contributed by atoms with van der Waals surface area (Å²) in [6.07, 6.45) is 5.07. The molecule has 1 aromatic rings. The van der Waals surface area contributed by atoms with Crippen molar-refractivity contribution in [3.05, 3.63) is 35.1 Å². The highest BCUT2D eigenvalue weighted by Gasteiger charge is 2.08. The Kier molecular flexibility index (Phi) is 5.95. The van der Waals surface area contributed by atoms with Crippen LogP contribution in [-0.2, 0) is 6.54 Å². The van der Waals surface area contributed by atoms with E-state index in [0.717, 1.165) is 11.8 Å². The number of terminal acetylenes is 1. The summed E-state index contributed by atoms with van der Waals surface area (Å²) >= 11 is 1.57. The summed E-state index contributed by atoms with van der Waals surface area (Å²) in [4.78, 5) is 0.